The molecule has 0 amide bonds. The Morgan fingerprint density at radius 3 is 2.59 bits per heavy atom. The predicted molar refractivity (Wildman–Crippen MR) is 89.1 cm³/mol. The summed E-state index contributed by atoms with van der Waals surface area (Å²) in [6.45, 7) is 5.81. The van der Waals surface area contributed by atoms with Gasteiger partial charge in [0.1, 0.15) is 0 Å². The minimum Gasteiger partial charge on any atom is -0.372 e. The summed E-state index contributed by atoms with van der Waals surface area (Å²) >= 11 is 0. The van der Waals surface area contributed by atoms with Crippen LogP contribution in [0.1, 0.15) is 36.4 Å². The summed E-state index contributed by atoms with van der Waals surface area (Å²) in [5.41, 5.74) is 4.10. The second-order valence-electron chi connectivity index (χ2n) is 6.59. The van der Waals surface area contributed by atoms with Gasteiger partial charge in [0.2, 0.25) is 0 Å². The van der Waals surface area contributed by atoms with Crippen LogP contribution in [0, 0.1) is 0 Å². The second-order valence-corrected chi connectivity index (χ2v) is 6.59. The van der Waals surface area contributed by atoms with Gasteiger partial charge in [0.25, 0.3) is 0 Å². The maximum absolute atomic E-state index is 4.08. The van der Waals surface area contributed by atoms with Gasteiger partial charge in [-0.25, -0.2) is 0 Å². The van der Waals surface area contributed by atoms with Crippen molar-refractivity contribution in [3.63, 3.8) is 0 Å². The molecule has 22 heavy (non-hydrogen) atoms. The van der Waals surface area contributed by atoms with E-state index < -0.39 is 0 Å². The van der Waals surface area contributed by atoms with E-state index in [0.29, 0.717) is 5.92 Å². The van der Waals surface area contributed by atoms with E-state index in [-0.39, 0.29) is 0 Å². The molecule has 2 saturated heterocycles. The van der Waals surface area contributed by atoms with Crippen LogP contribution in [-0.4, -0.2) is 41.3 Å². The number of anilines is 1. The van der Waals surface area contributed by atoms with Crippen molar-refractivity contribution in [2.24, 2.45) is 0 Å². The van der Waals surface area contributed by atoms with E-state index in [2.05, 4.69) is 50.3 Å². The van der Waals surface area contributed by atoms with Crippen LogP contribution in [0.25, 0.3) is 0 Å². The van der Waals surface area contributed by atoms with Crippen LogP contribution in [-0.2, 0) is 6.54 Å². The lowest BCUT2D eigenvalue weighted by molar-refractivity contribution is 0.326. The van der Waals surface area contributed by atoms with E-state index in [4.69, 9.17) is 0 Å². The topological polar surface area (TPSA) is 35.2 Å². The third kappa shape index (κ3) is 2.88. The van der Waals surface area contributed by atoms with Gasteiger partial charge in [-0.2, -0.15) is 5.10 Å². The minimum atomic E-state index is 0.617. The Bertz CT molecular complexity index is 584. The first-order valence-corrected chi connectivity index (χ1v) is 8.44. The highest BCUT2D eigenvalue weighted by atomic mass is 15.2. The quantitative estimate of drug-likeness (QED) is 0.942. The Labute approximate surface area is 132 Å². The van der Waals surface area contributed by atoms with Gasteiger partial charge in [0, 0.05) is 49.7 Å². The smallest absolute Gasteiger partial charge is 0.0490 e. The number of nitrogens with one attached hydrogen (secondary N) is 1. The molecule has 2 fully saturated rings. The molecule has 1 aromatic carbocycles. The van der Waals surface area contributed by atoms with Crippen LogP contribution in [0.4, 0.5) is 5.69 Å². The lowest BCUT2D eigenvalue weighted by atomic mass is 10.1. The summed E-state index contributed by atoms with van der Waals surface area (Å²) in [5.74, 6) is 0.617. The Morgan fingerprint density at radius 1 is 1.05 bits per heavy atom. The van der Waals surface area contributed by atoms with Crippen LogP contribution < -0.4 is 4.90 Å². The Hall–Kier alpha value is -1.81. The van der Waals surface area contributed by atoms with Gasteiger partial charge in [-0.05, 0) is 49.6 Å². The van der Waals surface area contributed by atoms with Crippen molar-refractivity contribution in [1.29, 1.82) is 0 Å². The molecule has 116 valence electrons. The van der Waals surface area contributed by atoms with E-state index in [9.17, 15) is 0 Å². The molecular weight excluding hydrogens is 272 g/mol. The summed E-state index contributed by atoms with van der Waals surface area (Å²) in [5, 5.41) is 7.20. The van der Waals surface area contributed by atoms with Crippen molar-refractivity contribution in [1.82, 2.24) is 15.1 Å². The number of aromatic amines is 1. The van der Waals surface area contributed by atoms with E-state index >= 15 is 0 Å². The standard InChI is InChI=1S/C18H24N4/c1-2-11-22(10-1)17-5-3-15(4-6-17)13-21-12-8-16(14-21)18-7-9-19-20-18/h3-7,9,16H,1-2,8,10-14H2,(H,19,20)/t16-/m1/s1. The Balaban J connectivity index is 1.35. The first-order valence-electron chi connectivity index (χ1n) is 8.44. The highest BCUT2D eigenvalue weighted by molar-refractivity contribution is 5.48. The predicted octanol–water partition coefficient (Wildman–Crippen LogP) is 3.00. The molecule has 0 aliphatic carbocycles. The molecule has 1 N–H and O–H groups in total. The molecule has 0 bridgehead atoms. The van der Waals surface area contributed by atoms with Crippen LogP contribution in [0.3, 0.4) is 0 Å². The summed E-state index contributed by atoms with van der Waals surface area (Å²) in [6.07, 6.45) is 5.76. The normalized spacial score (nSPS) is 22.5. The van der Waals surface area contributed by atoms with Gasteiger partial charge in [0.15, 0.2) is 0 Å². The zero-order valence-corrected chi connectivity index (χ0v) is 13.0. The van der Waals surface area contributed by atoms with Gasteiger partial charge < -0.3 is 4.90 Å². The highest BCUT2D eigenvalue weighted by Crippen LogP contribution is 2.27. The summed E-state index contributed by atoms with van der Waals surface area (Å²) in [4.78, 5) is 5.05. The molecule has 0 saturated carbocycles. The van der Waals surface area contributed by atoms with E-state index in [1.807, 2.05) is 6.20 Å². The molecule has 0 radical (unpaired) electrons. The Morgan fingerprint density at radius 2 is 1.86 bits per heavy atom. The van der Waals surface area contributed by atoms with Crippen molar-refractivity contribution < 1.29 is 0 Å². The van der Waals surface area contributed by atoms with Crippen LogP contribution in [0.2, 0.25) is 0 Å². The van der Waals surface area contributed by atoms with Crippen molar-refractivity contribution >= 4 is 5.69 Å². The summed E-state index contributed by atoms with van der Waals surface area (Å²) in [6, 6.07) is 11.3. The first-order chi connectivity index (χ1) is 10.9. The zero-order valence-electron chi connectivity index (χ0n) is 13.0. The molecule has 4 rings (SSSR count). The number of likely N-dealkylation sites (tertiary alicyclic amines) is 1. The van der Waals surface area contributed by atoms with Crippen LogP contribution in [0.15, 0.2) is 36.5 Å². The molecule has 2 aromatic rings. The van der Waals surface area contributed by atoms with E-state index in [1.54, 1.807) is 0 Å². The summed E-state index contributed by atoms with van der Waals surface area (Å²) in [7, 11) is 0. The lowest BCUT2D eigenvalue weighted by Crippen LogP contribution is -2.20. The monoisotopic (exact) mass is 296 g/mol. The average Bonchev–Trinajstić information content (AvgIpc) is 3.30. The number of H-pyrrole nitrogens is 1. The maximum Gasteiger partial charge on any atom is 0.0490 e. The largest absolute Gasteiger partial charge is 0.372 e. The molecule has 0 spiro atoms. The van der Waals surface area contributed by atoms with E-state index in [1.165, 1.54) is 55.8 Å². The van der Waals surface area contributed by atoms with Gasteiger partial charge in [-0.15, -0.1) is 0 Å². The Kier molecular flexibility index (Phi) is 3.85. The SMILES string of the molecule is c1cc([C@@H]2CCN(Cc3ccc(N4CCCC4)cc3)C2)[nH]n1. The minimum absolute atomic E-state index is 0.617. The molecule has 3 heterocycles. The summed E-state index contributed by atoms with van der Waals surface area (Å²) < 4.78 is 0. The molecule has 0 unspecified atom stereocenters. The van der Waals surface area contributed by atoms with Crippen molar-refractivity contribution in [3.05, 3.63) is 47.8 Å². The molecule has 1 aromatic heterocycles. The number of nitrogens with zero attached hydrogens (tertiary/aromatic N) is 3. The average molecular weight is 296 g/mol. The fraction of sp³-hybridized carbons (Fsp3) is 0.500. The molecule has 2 aliphatic heterocycles. The third-order valence-electron chi connectivity index (χ3n) is 5.05. The fourth-order valence-corrected chi connectivity index (χ4v) is 3.77. The van der Waals surface area contributed by atoms with Crippen molar-refractivity contribution in [2.75, 3.05) is 31.1 Å². The third-order valence-corrected chi connectivity index (χ3v) is 5.05. The molecule has 4 nitrogen and oxygen atoms in total. The van der Waals surface area contributed by atoms with Crippen molar-refractivity contribution in [3.8, 4) is 0 Å². The highest BCUT2D eigenvalue weighted by Gasteiger charge is 2.24. The molecule has 1 atom stereocenters. The number of rotatable bonds is 4. The van der Waals surface area contributed by atoms with Gasteiger partial charge in [-0.3, -0.25) is 10.00 Å². The second kappa shape index (κ2) is 6.13. The van der Waals surface area contributed by atoms with Crippen molar-refractivity contribution in [2.45, 2.75) is 31.7 Å². The van der Waals surface area contributed by atoms with Gasteiger partial charge in [-0.1, -0.05) is 12.1 Å². The lowest BCUT2D eigenvalue weighted by Gasteiger charge is -2.19. The fourth-order valence-electron chi connectivity index (χ4n) is 3.77. The maximum atomic E-state index is 4.08. The molecule has 2 aliphatic rings. The van der Waals surface area contributed by atoms with Gasteiger partial charge in [0.05, 0.1) is 0 Å². The number of aromatic nitrogens is 2. The van der Waals surface area contributed by atoms with Crippen LogP contribution >= 0.6 is 0 Å². The first kappa shape index (κ1) is 13.8. The number of hydrogen-bond donors (Lipinski definition) is 1. The zero-order chi connectivity index (χ0) is 14.8. The number of benzene rings is 1. The number of hydrogen-bond acceptors (Lipinski definition) is 3. The molecular formula is C18H24N4. The van der Waals surface area contributed by atoms with Crippen LogP contribution in [0.5, 0.6) is 0 Å². The van der Waals surface area contributed by atoms with Gasteiger partial charge >= 0.3 is 0 Å². The van der Waals surface area contributed by atoms with E-state index in [0.717, 1.165) is 13.1 Å². The molecule has 4 heteroatoms.